The van der Waals surface area contributed by atoms with Crippen LogP contribution in [0.2, 0.25) is 15.1 Å². The third-order valence-electron chi connectivity index (χ3n) is 3.05. The van der Waals surface area contributed by atoms with Crippen molar-refractivity contribution in [1.82, 2.24) is 10.3 Å². The molecule has 106 valence electrons. The van der Waals surface area contributed by atoms with Gasteiger partial charge in [-0.25, -0.2) is 0 Å². The van der Waals surface area contributed by atoms with Gasteiger partial charge in [0.1, 0.15) is 0 Å². The fourth-order valence-corrected chi connectivity index (χ4v) is 2.68. The zero-order valence-electron chi connectivity index (χ0n) is 11.3. The first-order chi connectivity index (χ1) is 9.52. The standard InChI is InChI=1S/C15H15Cl3N2/c1-3-19-14(10-5-4-9(2)12(17)6-10)15-13(18)7-11(16)8-20-15/h4-8,14,19H,3H2,1-2H3. The lowest BCUT2D eigenvalue weighted by Crippen LogP contribution is -2.23. The van der Waals surface area contributed by atoms with E-state index in [1.54, 1.807) is 12.3 Å². The molecule has 0 saturated carbocycles. The molecule has 1 heterocycles. The molecule has 0 saturated heterocycles. The number of nitrogens with zero attached hydrogens (tertiary/aromatic N) is 1. The lowest BCUT2D eigenvalue weighted by molar-refractivity contribution is 0.616. The number of rotatable bonds is 4. The Labute approximate surface area is 134 Å². The highest BCUT2D eigenvalue weighted by Crippen LogP contribution is 2.30. The van der Waals surface area contributed by atoms with E-state index in [2.05, 4.69) is 10.3 Å². The minimum atomic E-state index is -0.108. The fraction of sp³-hybridized carbons (Fsp3) is 0.267. The van der Waals surface area contributed by atoms with Gasteiger partial charge in [0.25, 0.3) is 0 Å². The van der Waals surface area contributed by atoms with Crippen LogP contribution >= 0.6 is 34.8 Å². The second kappa shape index (κ2) is 6.77. The van der Waals surface area contributed by atoms with Gasteiger partial charge in [-0.1, -0.05) is 53.9 Å². The third-order valence-corrected chi connectivity index (χ3v) is 3.96. The predicted octanol–water partition coefficient (Wildman–Crippen LogP) is 5.05. The van der Waals surface area contributed by atoms with Crippen LogP contribution in [-0.4, -0.2) is 11.5 Å². The van der Waals surface area contributed by atoms with E-state index < -0.39 is 0 Å². The van der Waals surface area contributed by atoms with Crippen LogP contribution in [0.4, 0.5) is 0 Å². The predicted molar refractivity (Wildman–Crippen MR) is 86.0 cm³/mol. The van der Waals surface area contributed by atoms with Crippen LogP contribution in [0, 0.1) is 6.92 Å². The van der Waals surface area contributed by atoms with Gasteiger partial charge >= 0.3 is 0 Å². The Morgan fingerprint density at radius 2 is 1.90 bits per heavy atom. The summed E-state index contributed by atoms with van der Waals surface area (Å²) in [6.45, 7) is 4.80. The highest BCUT2D eigenvalue weighted by molar-refractivity contribution is 6.34. The molecule has 1 aromatic carbocycles. The summed E-state index contributed by atoms with van der Waals surface area (Å²) in [6.07, 6.45) is 1.60. The Morgan fingerprint density at radius 3 is 2.50 bits per heavy atom. The molecule has 20 heavy (non-hydrogen) atoms. The van der Waals surface area contributed by atoms with E-state index in [1.807, 2.05) is 32.0 Å². The average Bonchev–Trinajstić information content (AvgIpc) is 2.40. The fourth-order valence-electron chi connectivity index (χ4n) is 2.00. The minimum absolute atomic E-state index is 0.108. The molecule has 2 aromatic rings. The molecule has 0 aliphatic heterocycles. The largest absolute Gasteiger partial charge is 0.305 e. The summed E-state index contributed by atoms with van der Waals surface area (Å²) in [5.41, 5.74) is 2.82. The zero-order valence-corrected chi connectivity index (χ0v) is 13.5. The Hall–Kier alpha value is -0.800. The number of aryl methyl sites for hydroxylation is 1. The van der Waals surface area contributed by atoms with Crippen molar-refractivity contribution in [3.8, 4) is 0 Å². The summed E-state index contributed by atoms with van der Waals surface area (Å²) in [5, 5.41) is 5.17. The number of pyridine rings is 1. The normalized spacial score (nSPS) is 12.4. The monoisotopic (exact) mass is 328 g/mol. The molecule has 0 fully saturated rings. The van der Waals surface area contributed by atoms with Crippen molar-refractivity contribution in [1.29, 1.82) is 0 Å². The van der Waals surface area contributed by atoms with E-state index >= 15 is 0 Å². The first-order valence-electron chi connectivity index (χ1n) is 6.33. The third kappa shape index (κ3) is 3.44. The molecule has 0 aliphatic carbocycles. The van der Waals surface area contributed by atoms with Crippen molar-refractivity contribution < 1.29 is 0 Å². The first-order valence-corrected chi connectivity index (χ1v) is 7.46. The van der Waals surface area contributed by atoms with Gasteiger partial charge in [0, 0.05) is 11.2 Å². The van der Waals surface area contributed by atoms with Gasteiger partial charge in [0.05, 0.1) is 21.8 Å². The van der Waals surface area contributed by atoms with Crippen molar-refractivity contribution in [2.45, 2.75) is 19.9 Å². The summed E-state index contributed by atoms with van der Waals surface area (Å²) >= 11 is 18.4. The first kappa shape index (κ1) is 15.6. The van der Waals surface area contributed by atoms with Gasteiger partial charge in [-0.2, -0.15) is 0 Å². The molecule has 2 nitrogen and oxygen atoms in total. The Morgan fingerprint density at radius 1 is 1.15 bits per heavy atom. The van der Waals surface area contributed by atoms with Gasteiger partial charge in [0.15, 0.2) is 0 Å². The van der Waals surface area contributed by atoms with Crippen LogP contribution < -0.4 is 5.32 Å². The smallest absolute Gasteiger partial charge is 0.0805 e. The molecular formula is C15H15Cl3N2. The molecule has 0 amide bonds. The van der Waals surface area contributed by atoms with Crippen molar-refractivity contribution >= 4 is 34.8 Å². The second-order valence-corrected chi connectivity index (χ2v) is 5.77. The Bertz CT molecular complexity index is 614. The van der Waals surface area contributed by atoms with E-state index in [-0.39, 0.29) is 6.04 Å². The highest BCUT2D eigenvalue weighted by atomic mass is 35.5. The zero-order chi connectivity index (χ0) is 14.7. The minimum Gasteiger partial charge on any atom is -0.305 e. The molecule has 1 atom stereocenters. The summed E-state index contributed by atoms with van der Waals surface area (Å²) in [5.74, 6) is 0. The lowest BCUT2D eigenvalue weighted by Gasteiger charge is -2.19. The number of hydrogen-bond acceptors (Lipinski definition) is 2. The van der Waals surface area contributed by atoms with Crippen LogP contribution in [0.1, 0.15) is 29.8 Å². The van der Waals surface area contributed by atoms with E-state index in [4.69, 9.17) is 34.8 Å². The molecule has 1 aromatic heterocycles. The number of hydrogen-bond donors (Lipinski definition) is 1. The van der Waals surface area contributed by atoms with Crippen molar-refractivity contribution in [2.75, 3.05) is 6.54 Å². The SMILES string of the molecule is CCNC(c1ccc(C)c(Cl)c1)c1ncc(Cl)cc1Cl. The van der Waals surface area contributed by atoms with Gasteiger partial charge in [-0.05, 0) is 36.7 Å². The second-order valence-electron chi connectivity index (χ2n) is 4.52. The maximum Gasteiger partial charge on any atom is 0.0805 e. The molecule has 1 unspecified atom stereocenters. The molecule has 0 aliphatic rings. The van der Waals surface area contributed by atoms with E-state index in [0.717, 1.165) is 28.4 Å². The maximum absolute atomic E-state index is 6.26. The number of benzene rings is 1. The van der Waals surface area contributed by atoms with Gasteiger partial charge in [-0.15, -0.1) is 0 Å². The number of aromatic nitrogens is 1. The van der Waals surface area contributed by atoms with Crippen LogP contribution in [0.3, 0.4) is 0 Å². The van der Waals surface area contributed by atoms with Crippen LogP contribution in [0.5, 0.6) is 0 Å². The maximum atomic E-state index is 6.26. The summed E-state index contributed by atoms with van der Waals surface area (Å²) in [6, 6.07) is 7.55. The Balaban J connectivity index is 2.47. The number of halogens is 3. The van der Waals surface area contributed by atoms with Crippen molar-refractivity contribution in [3.63, 3.8) is 0 Å². The molecule has 2 rings (SSSR count). The molecule has 1 N–H and O–H groups in total. The summed E-state index contributed by atoms with van der Waals surface area (Å²) in [7, 11) is 0. The molecule has 0 bridgehead atoms. The summed E-state index contributed by atoms with van der Waals surface area (Å²) < 4.78 is 0. The topological polar surface area (TPSA) is 24.9 Å². The number of nitrogens with one attached hydrogen (secondary N) is 1. The van der Waals surface area contributed by atoms with Crippen LogP contribution in [0.15, 0.2) is 30.5 Å². The van der Waals surface area contributed by atoms with Crippen molar-refractivity contribution in [3.05, 3.63) is 62.4 Å². The van der Waals surface area contributed by atoms with Gasteiger partial charge in [-0.3, -0.25) is 4.98 Å². The molecular weight excluding hydrogens is 315 g/mol. The van der Waals surface area contributed by atoms with E-state index in [1.165, 1.54) is 0 Å². The van der Waals surface area contributed by atoms with E-state index in [9.17, 15) is 0 Å². The van der Waals surface area contributed by atoms with Gasteiger partial charge < -0.3 is 5.32 Å². The Kier molecular flexibility index (Phi) is 5.28. The van der Waals surface area contributed by atoms with Crippen LogP contribution in [-0.2, 0) is 0 Å². The van der Waals surface area contributed by atoms with Crippen LogP contribution in [0.25, 0.3) is 0 Å². The average molecular weight is 330 g/mol. The molecule has 5 heteroatoms. The highest BCUT2D eigenvalue weighted by Gasteiger charge is 2.18. The lowest BCUT2D eigenvalue weighted by atomic mass is 10.0. The van der Waals surface area contributed by atoms with Crippen molar-refractivity contribution in [2.24, 2.45) is 0 Å². The van der Waals surface area contributed by atoms with E-state index in [0.29, 0.717) is 10.0 Å². The molecule has 0 spiro atoms. The quantitative estimate of drug-likeness (QED) is 0.849. The summed E-state index contributed by atoms with van der Waals surface area (Å²) in [4.78, 5) is 4.36. The van der Waals surface area contributed by atoms with Gasteiger partial charge in [0.2, 0.25) is 0 Å². The molecule has 0 radical (unpaired) electrons.